The Morgan fingerprint density at radius 1 is 1.30 bits per heavy atom. The third-order valence-corrected chi connectivity index (χ3v) is 2.85. The molecule has 0 saturated carbocycles. The molecule has 0 bridgehead atoms. The van der Waals surface area contributed by atoms with Gasteiger partial charge in [-0.3, -0.25) is 4.99 Å². The van der Waals surface area contributed by atoms with Gasteiger partial charge in [-0.05, 0) is 37.6 Å². The average molecular weight is 391 g/mol. The summed E-state index contributed by atoms with van der Waals surface area (Å²) >= 11 is 0. The van der Waals surface area contributed by atoms with E-state index >= 15 is 0 Å². The third kappa shape index (κ3) is 5.44. The second-order valence-corrected chi connectivity index (χ2v) is 4.50. The highest BCUT2D eigenvalue weighted by Crippen LogP contribution is 2.17. The van der Waals surface area contributed by atoms with Crippen LogP contribution in [0.15, 0.2) is 29.3 Å². The van der Waals surface area contributed by atoms with Crippen molar-refractivity contribution in [2.75, 3.05) is 26.7 Å². The van der Waals surface area contributed by atoms with Crippen LogP contribution in [0.3, 0.4) is 0 Å². The minimum Gasteiger partial charge on any atom is -0.497 e. The molecule has 0 spiro atoms. The van der Waals surface area contributed by atoms with E-state index < -0.39 is 0 Å². The first-order valence-corrected chi connectivity index (χ1v) is 6.61. The summed E-state index contributed by atoms with van der Waals surface area (Å²) in [6, 6.07) is 7.60. The van der Waals surface area contributed by atoms with Gasteiger partial charge >= 0.3 is 0 Å². The molecule has 0 fully saturated rings. The Kier molecular flexibility index (Phi) is 7.50. The monoisotopic (exact) mass is 391 g/mol. The number of aliphatic imine (C=N–C) groups is 1. The summed E-state index contributed by atoms with van der Waals surface area (Å²) in [6.07, 6.45) is 1.17. The van der Waals surface area contributed by atoms with E-state index in [0.29, 0.717) is 0 Å². The minimum absolute atomic E-state index is 0. The maximum atomic E-state index is 5.80. The lowest BCUT2D eigenvalue weighted by atomic mass is 10.3. The summed E-state index contributed by atoms with van der Waals surface area (Å²) in [7, 11) is 1.65. The SMILES string of the molecule is COc1ccc(OC(C)CNC2=NCCCN2)cc1.I. The molecular formula is C14H22IN3O2. The molecule has 2 N–H and O–H groups in total. The van der Waals surface area contributed by atoms with Gasteiger partial charge in [-0.1, -0.05) is 0 Å². The molecule has 6 heteroatoms. The van der Waals surface area contributed by atoms with Crippen molar-refractivity contribution in [2.24, 2.45) is 4.99 Å². The van der Waals surface area contributed by atoms with Gasteiger partial charge in [0.1, 0.15) is 17.6 Å². The molecule has 0 amide bonds. The summed E-state index contributed by atoms with van der Waals surface area (Å²) in [5, 5.41) is 6.47. The van der Waals surface area contributed by atoms with Crippen LogP contribution in [-0.2, 0) is 0 Å². The number of halogens is 1. The van der Waals surface area contributed by atoms with Gasteiger partial charge in [-0.25, -0.2) is 0 Å². The van der Waals surface area contributed by atoms with Crippen LogP contribution >= 0.6 is 24.0 Å². The van der Waals surface area contributed by atoms with Gasteiger partial charge < -0.3 is 20.1 Å². The Bertz CT molecular complexity index is 423. The fourth-order valence-corrected chi connectivity index (χ4v) is 1.82. The zero-order chi connectivity index (χ0) is 13.5. The highest BCUT2D eigenvalue weighted by molar-refractivity contribution is 14.0. The maximum absolute atomic E-state index is 5.80. The smallest absolute Gasteiger partial charge is 0.191 e. The van der Waals surface area contributed by atoms with Crippen molar-refractivity contribution in [3.05, 3.63) is 24.3 Å². The van der Waals surface area contributed by atoms with Crippen LogP contribution in [-0.4, -0.2) is 38.8 Å². The number of nitrogens with zero attached hydrogens (tertiary/aromatic N) is 1. The first kappa shape index (κ1) is 16.9. The van der Waals surface area contributed by atoms with Crippen LogP contribution < -0.4 is 20.1 Å². The Labute approximate surface area is 137 Å². The molecule has 1 aliphatic heterocycles. The number of hydrogen-bond donors (Lipinski definition) is 2. The standard InChI is InChI=1S/C14H21N3O2.HI/c1-11(10-17-14-15-8-3-9-16-14)19-13-6-4-12(18-2)5-7-13;/h4-7,11H,3,8-10H2,1-2H3,(H2,15,16,17);1H. The van der Waals surface area contributed by atoms with Crippen LogP contribution in [0.2, 0.25) is 0 Å². The molecule has 1 atom stereocenters. The molecule has 0 radical (unpaired) electrons. The molecular weight excluding hydrogens is 369 g/mol. The summed E-state index contributed by atoms with van der Waals surface area (Å²) < 4.78 is 10.9. The Hall–Kier alpha value is -1.18. The zero-order valence-corrected chi connectivity index (χ0v) is 14.2. The molecule has 2 rings (SSSR count). The molecule has 1 heterocycles. The lowest BCUT2D eigenvalue weighted by Gasteiger charge is -2.19. The van der Waals surface area contributed by atoms with E-state index in [9.17, 15) is 0 Å². The highest BCUT2D eigenvalue weighted by atomic mass is 127. The van der Waals surface area contributed by atoms with Crippen LogP contribution in [0.5, 0.6) is 11.5 Å². The van der Waals surface area contributed by atoms with E-state index in [4.69, 9.17) is 9.47 Å². The molecule has 5 nitrogen and oxygen atoms in total. The number of rotatable bonds is 5. The van der Waals surface area contributed by atoms with Gasteiger partial charge in [-0.2, -0.15) is 0 Å². The predicted octanol–water partition coefficient (Wildman–Crippen LogP) is 2.02. The fraction of sp³-hybridized carbons (Fsp3) is 0.500. The molecule has 1 unspecified atom stereocenters. The first-order valence-electron chi connectivity index (χ1n) is 6.61. The molecule has 20 heavy (non-hydrogen) atoms. The van der Waals surface area contributed by atoms with E-state index in [2.05, 4.69) is 15.6 Å². The molecule has 0 aliphatic carbocycles. The summed E-state index contributed by atoms with van der Waals surface area (Å²) in [6.45, 7) is 4.63. The highest BCUT2D eigenvalue weighted by Gasteiger charge is 2.07. The number of guanidine groups is 1. The molecule has 112 valence electrons. The maximum Gasteiger partial charge on any atom is 0.191 e. The average Bonchev–Trinajstić information content (AvgIpc) is 2.47. The fourth-order valence-electron chi connectivity index (χ4n) is 1.82. The zero-order valence-electron chi connectivity index (χ0n) is 11.9. The lowest BCUT2D eigenvalue weighted by Crippen LogP contribution is -2.44. The third-order valence-electron chi connectivity index (χ3n) is 2.85. The number of methoxy groups -OCH3 is 1. The van der Waals surface area contributed by atoms with Crippen LogP contribution in [0.4, 0.5) is 0 Å². The van der Waals surface area contributed by atoms with E-state index in [0.717, 1.165) is 43.5 Å². The van der Waals surface area contributed by atoms with E-state index in [-0.39, 0.29) is 30.1 Å². The molecule has 1 aliphatic rings. The second-order valence-electron chi connectivity index (χ2n) is 4.50. The minimum atomic E-state index is 0. The largest absolute Gasteiger partial charge is 0.497 e. The Morgan fingerprint density at radius 3 is 2.60 bits per heavy atom. The lowest BCUT2D eigenvalue weighted by molar-refractivity contribution is 0.223. The van der Waals surface area contributed by atoms with Crippen molar-refractivity contribution < 1.29 is 9.47 Å². The van der Waals surface area contributed by atoms with Crippen molar-refractivity contribution in [3.63, 3.8) is 0 Å². The van der Waals surface area contributed by atoms with Crippen molar-refractivity contribution in [3.8, 4) is 11.5 Å². The number of ether oxygens (including phenoxy) is 2. The normalized spacial score (nSPS) is 15.2. The quantitative estimate of drug-likeness (QED) is 0.755. The first-order chi connectivity index (χ1) is 9.28. The summed E-state index contributed by atoms with van der Waals surface area (Å²) in [5.74, 6) is 2.55. The summed E-state index contributed by atoms with van der Waals surface area (Å²) in [4.78, 5) is 4.35. The summed E-state index contributed by atoms with van der Waals surface area (Å²) in [5.41, 5.74) is 0. The predicted molar refractivity (Wildman–Crippen MR) is 91.4 cm³/mol. The van der Waals surface area contributed by atoms with Gasteiger partial charge in [0.15, 0.2) is 5.96 Å². The van der Waals surface area contributed by atoms with Crippen molar-refractivity contribution >= 4 is 29.9 Å². The van der Waals surface area contributed by atoms with Gasteiger partial charge in [-0.15, -0.1) is 24.0 Å². The van der Waals surface area contributed by atoms with Crippen molar-refractivity contribution in [1.82, 2.24) is 10.6 Å². The van der Waals surface area contributed by atoms with E-state index in [1.807, 2.05) is 31.2 Å². The van der Waals surface area contributed by atoms with Crippen LogP contribution in [0.1, 0.15) is 13.3 Å². The van der Waals surface area contributed by atoms with Gasteiger partial charge in [0.25, 0.3) is 0 Å². The molecule has 1 aromatic rings. The van der Waals surface area contributed by atoms with Crippen molar-refractivity contribution in [2.45, 2.75) is 19.4 Å². The molecule has 0 saturated heterocycles. The van der Waals surface area contributed by atoms with Gasteiger partial charge in [0, 0.05) is 13.1 Å². The van der Waals surface area contributed by atoms with E-state index in [1.165, 1.54) is 0 Å². The molecule has 1 aromatic carbocycles. The Morgan fingerprint density at radius 2 is 2.00 bits per heavy atom. The van der Waals surface area contributed by atoms with Crippen molar-refractivity contribution in [1.29, 1.82) is 0 Å². The van der Waals surface area contributed by atoms with Crippen LogP contribution in [0.25, 0.3) is 0 Å². The second kappa shape index (κ2) is 8.89. The number of nitrogens with one attached hydrogen (secondary N) is 2. The van der Waals surface area contributed by atoms with Crippen LogP contribution in [0, 0.1) is 0 Å². The van der Waals surface area contributed by atoms with E-state index in [1.54, 1.807) is 7.11 Å². The van der Waals surface area contributed by atoms with Gasteiger partial charge in [0.2, 0.25) is 0 Å². The topological polar surface area (TPSA) is 54.9 Å². The number of hydrogen-bond acceptors (Lipinski definition) is 5. The number of benzene rings is 1. The van der Waals surface area contributed by atoms with Gasteiger partial charge in [0.05, 0.1) is 13.7 Å². The Balaban J connectivity index is 0.00000200. The molecule has 0 aromatic heterocycles.